The highest BCUT2D eigenvalue weighted by Crippen LogP contribution is 2.48. The molecule has 0 saturated heterocycles. The minimum absolute atomic E-state index is 0.489. The SMILES string of the molecule is CCNC1CCCc2nc(-c3ccc(C4CC4C)o3)sc21. The Morgan fingerprint density at radius 1 is 1.43 bits per heavy atom. The number of aryl methyl sites for hydroxylation is 1. The third kappa shape index (κ3) is 2.44. The molecule has 2 aliphatic rings. The molecule has 0 bridgehead atoms. The lowest BCUT2D eigenvalue weighted by atomic mass is 9.98. The van der Waals surface area contributed by atoms with Crippen LogP contribution in [0, 0.1) is 5.92 Å². The molecule has 112 valence electrons. The number of nitrogens with zero attached hydrogens (tertiary/aromatic N) is 1. The van der Waals surface area contributed by atoms with Gasteiger partial charge in [-0.2, -0.15) is 0 Å². The second-order valence-corrected chi connectivity index (χ2v) is 7.38. The van der Waals surface area contributed by atoms with Crippen LogP contribution in [0.3, 0.4) is 0 Å². The maximum Gasteiger partial charge on any atom is 0.162 e. The molecular formula is C17H22N2OS. The first-order valence-electron chi connectivity index (χ1n) is 8.09. The summed E-state index contributed by atoms with van der Waals surface area (Å²) in [6, 6.07) is 4.74. The standard InChI is InChI=1S/C17H22N2OS/c1-3-18-12-5-4-6-13-16(12)21-17(19-13)15-8-7-14(20-15)11-9-10(11)2/h7-8,10-12,18H,3-6,9H2,1-2H3. The summed E-state index contributed by atoms with van der Waals surface area (Å²) in [6.45, 7) is 5.48. The molecule has 0 spiro atoms. The number of furan rings is 1. The molecule has 4 heteroatoms. The zero-order chi connectivity index (χ0) is 14.4. The highest BCUT2D eigenvalue weighted by atomic mass is 32.1. The van der Waals surface area contributed by atoms with E-state index in [4.69, 9.17) is 9.40 Å². The number of fused-ring (bicyclic) bond motifs is 1. The third-order valence-electron chi connectivity index (χ3n) is 4.71. The fourth-order valence-electron chi connectivity index (χ4n) is 3.35. The van der Waals surface area contributed by atoms with E-state index in [0.29, 0.717) is 12.0 Å². The molecule has 3 atom stereocenters. The molecule has 1 fully saturated rings. The Bertz CT molecular complexity index is 645. The maximum absolute atomic E-state index is 6.06. The Balaban J connectivity index is 1.62. The van der Waals surface area contributed by atoms with E-state index in [1.54, 1.807) is 0 Å². The van der Waals surface area contributed by atoms with Gasteiger partial charge in [-0.1, -0.05) is 13.8 Å². The van der Waals surface area contributed by atoms with Crippen molar-refractivity contribution >= 4 is 11.3 Å². The molecule has 0 aliphatic heterocycles. The Hall–Kier alpha value is -1.13. The molecule has 2 heterocycles. The van der Waals surface area contributed by atoms with Crippen LogP contribution in [-0.2, 0) is 6.42 Å². The maximum atomic E-state index is 6.06. The molecule has 0 aromatic carbocycles. The highest BCUT2D eigenvalue weighted by Gasteiger charge is 2.37. The summed E-state index contributed by atoms with van der Waals surface area (Å²) >= 11 is 1.82. The van der Waals surface area contributed by atoms with Gasteiger partial charge in [-0.25, -0.2) is 4.98 Å². The molecule has 3 unspecified atom stereocenters. The van der Waals surface area contributed by atoms with Crippen LogP contribution in [0.5, 0.6) is 0 Å². The monoisotopic (exact) mass is 302 g/mol. The van der Waals surface area contributed by atoms with Gasteiger partial charge in [0.2, 0.25) is 0 Å². The molecule has 2 aromatic heterocycles. The van der Waals surface area contributed by atoms with Crippen molar-refractivity contribution in [2.24, 2.45) is 5.92 Å². The number of thiazole rings is 1. The van der Waals surface area contributed by atoms with E-state index in [0.717, 1.165) is 35.4 Å². The van der Waals surface area contributed by atoms with E-state index in [-0.39, 0.29) is 0 Å². The average Bonchev–Trinajstić information content (AvgIpc) is 2.94. The van der Waals surface area contributed by atoms with Gasteiger partial charge in [-0.3, -0.25) is 0 Å². The summed E-state index contributed by atoms with van der Waals surface area (Å²) in [5.41, 5.74) is 1.28. The Morgan fingerprint density at radius 3 is 3.05 bits per heavy atom. The van der Waals surface area contributed by atoms with Gasteiger partial charge in [0.25, 0.3) is 0 Å². The summed E-state index contributed by atoms with van der Waals surface area (Å²) < 4.78 is 6.06. The molecule has 0 amide bonds. The van der Waals surface area contributed by atoms with E-state index in [1.165, 1.54) is 29.8 Å². The van der Waals surface area contributed by atoms with Crippen molar-refractivity contribution in [3.63, 3.8) is 0 Å². The number of rotatable bonds is 4. The van der Waals surface area contributed by atoms with E-state index >= 15 is 0 Å². The largest absolute Gasteiger partial charge is 0.458 e. The van der Waals surface area contributed by atoms with Gasteiger partial charge >= 0.3 is 0 Å². The van der Waals surface area contributed by atoms with Gasteiger partial charge in [-0.15, -0.1) is 11.3 Å². The van der Waals surface area contributed by atoms with Crippen molar-refractivity contribution in [3.05, 3.63) is 28.5 Å². The first-order valence-corrected chi connectivity index (χ1v) is 8.91. The molecular weight excluding hydrogens is 280 g/mol. The van der Waals surface area contributed by atoms with E-state index in [2.05, 4.69) is 31.3 Å². The molecule has 1 saturated carbocycles. The highest BCUT2D eigenvalue weighted by molar-refractivity contribution is 7.15. The van der Waals surface area contributed by atoms with Crippen molar-refractivity contribution in [2.45, 2.75) is 51.5 Å². The summed E-state index contributed by atoms with van der Waals surface area (Å²) in [6.07, 6.45) is 4.84. The zero-order valence-corrected chi connectivity index (χ0v) is 13.5. The fourth-order valence-corrected chi connectivity index (χ4v) is 4.54. The van der Waals surface area contributed by atoms with Crippen LogP contribution in [0.25, 0.3) is 10.8 Å². The first kappa shape index (κ1) is 13.5. The molecule has 2 aromatic rings. The predicted octanol–water partition coefficient (Wildman–Crippen LogP) is 4.51. The molecule has 3 nitrogen and oxygen atoms in total. The number of hydrogen-bond acceptors (Lipinski definition) is 4. The van der Waals surface area contributed by atoms with Crippen molar-refractivity contribution in [3.8, 4) is 10.8 Å². The smallest absolute Gasteiger partial charge is 0.162 e. The molecule has 2 aliphatic carbocycles. The van der Waals surface area contributed by atoms with Crippen LogP contribution >= 0.6 is 11.3 Å². The minimum atomic E-state index is 0.489. The van der Waals surface area contributed by atoms with Crippen LogP contribution in [0.4, 0.5) is 0 Å². The van der Waals surface area contributed by atoms with E-state index in [9.17, 15) is 0 Å². The Labute approximate surface area is 129 Å². The van der Waals surface area contributed by atoms with Crippen LogP contribution in [0.2, 0.25) is 0 Å². The van der Waals surface area contributed by atoms with Gasteiger partial charge in [0, 0.05) is 16.8 Å². The van der Waals surface area contributed by atoms with Crippen molar-refractivity contribution in [1.29, 1.82) is 0 Å². The van der Waals surface area contributed by atoms with Gasteiger partial charge in [0.05, 0.1) is 5.69 Å². The molecule has 0 radical (unpaired) electrons. The van der Waals surface area contributed by atoms with Gasteiger partial charge in [-0.05, 0) is 50.3 Å². The predicted molar refractivity (Wildman–Crippen MR) is 85.7 cm³/mol. The second kappa shape index (κ2) is 5.25. The van der Waals surface area contributed by atoms with Crippen LogP contribution < -0.4 is 5.32 Å². The van der Waals surface area contributed by atoms with Crippen LogP contribution in [0.1, 0.15) is 61.4 Å². The summed E-state index contributed by atoms with van der Waals surface area (Å²) in [4.78, 5) is 6.28. The molecule has 21 heavy (non-hydrogen) atoms. The zero-order valence-electron chi connectivity index (χ0n) is 12.7. The number of nitrogens with one attached hydrogen (secondary N) is 1. The quantitative estimate of drug-likeness (QED) is 0.902. The topological polar surface area (TPSA) is 38.1 Å². The van der Waals surface area contributed by atoms with Crippen LogP contribution in [0.15, 0.2) is 16.5 Å². The summed E-state index contributed by atoms with van der Waals surface area (Å²) in [7, 11) is 0. The lowest BCUT2D eigenvalue weighted by Crippen LogP contribution is -2.23. The summed E-state index contributed by atoms with van der Waals surface area (Å²) in [5, 5.41) is 4.64. The Kier molecular flexibility index (Phi) is 3.38. The summed E-state index contributed by atoms with van der Waals surface area (Å²) in [5.74, 6) is 3.53. The van der Waals surface area contributed by atoms with Crippen molar-refractivity contribution in [1.82, 2.24) is 10.3 Å². The molecule has 4 rings (SSSR count). The van der Waals surface area contributed by atoms with E-state index < -0.39 is 0 Å². The van der Waals surface area contributed by atoms with Crippen LogP contribution in [-0.4, -0.2) is 11.5 Å². The Morgan fingerprint density at radius 2 is 2.29 bits per heavy atom. The second-order valence-electron chi connectivity index (χ2n) is 6.35. The molecule has 1 N–H and O–H groups in total. The minimum Gasteiger partial charge on any atom is -0.458 e. The van der Waals surface area contributed by atoms with Crippen molar-refractivity contribution in [2.75, 3.05) is 6.54 Å². The van der Waals surface area contributed by atoms with Gasteiger partial charge in [0.1, 0.15) is 5.76 Å². The number of hydrogen-bond donors (Lipinski definition) is 1. The fraction of sp³-hybridized carbons (Fsp3) is 0.588. The number of aromatic nitrogens is 1. The average molecular weight is 302 g/mol. The third-order valence-corrected chi connectivity index (χ3v) is 5.94. The van der Waals surface area contributed by atoms with E-state index in [1.807, 2.05) is 11.3 Å². The lowest BCUT2D eigenvalue weighted by molar-refractivity contribution is 0.476. The first-order chi connectivity index (χ1) is 10.3. The van der Waals surface area contributed by atoms with Gasteiger partial charge < -0.3 is 9.73 Å². The lowest BCUT2D eigenvalue weighted by Gasteiger charge is -2.21. The van der Waals surface area contributed by atoms with Crippen molar-refractivity contribution < 1.29 is 4.42 Å². The normalized spacial score (nSPS) is 27.6. The van der Waals surface area contributed by atoms with Gasteiger partial charge in [0.15, 0.2) is 10.8 Å².